The molecule has 0 aliphatic rings. The van der Waals surface area contributed by atoms with Crippen LogP contribution in [0.3, 0.4) is 0 Å². The van der Waals surface area contributed by atoms with Crippen LogP contribution < -0.4 is 0 Å². The van der Waals surface area contributed by atoms with Gasteiger partial charge < -0.3 is 4.98 Å². The highest BCUT2D eigenvalue weighted by Gasteiger charge is 2.01. The van der Waals surface area contributed by atoms with Crippen molar-refractivity contribution in [3.8, 4) is 11.3 Å². The van der Waals surface area contributed by atoms with Gasteiger partial charge in [0.1, 0.15) is 0 Å². The number of hydrogen-bond donors (Lipinski definition) is 1. The lowest BCUT2D eigenvalue weighted by atomic mass is 10.2. The zero-order valence-electron chi connectivity index (χ0n) is 7.33. The molecule has 0 aliphatic carbocycles. The maximum absolute atomic E-state index is 5.79. The summed E-state index contributed by atoms with van der Waals surface area (Å²) in [6, 6.07) is 7.62. The Bertz CT molecular complexity index is 422. The quantitative estimate of drug-likeness (QED) is 0.788. The van der Waals surface area contributed by atoms with E-state index < -0.39 is 0 Å². The molecule has 0 bridgehead atoms. The molecule has 1 aromatic heterocycles. The number of thioether (sulfide) groups is 1. The van der Waals surface area contributed by atoms with Crippen molar-refractivity contribution < 1.29 is 0 Å². The molecule has 0 atom stereocenters. The Morgan fingerprint density at radius 2 is 2.00 bits per heavy atom. The lowest BCUT2D eigenvalue weighted by Crippen LogP contribution is -1.76. The molecular formula is C10H8ClN2S. The van der Waals surface area contributed by atoms with Gasteiger partial charge in [0.15, 0.2) is 5.16 Å². The molecule has 0 unspecified atom stereocenters. The number of benzene rings is 1. The average molecular weight is 224 g/mol. The monoisotopic (exact) mass is 223 g/mol. The number of rotatable bonds is 2. The Morgan fingerprint density at radius 1 is 1.29 bits per heavy atom. The standard InChI is InChI=1S/C10H8ClN2S/c1-14-10-12-6-9(13-10)7-2-4-8(11)5-3-7/h2-6H,1H2,(H,12,13). The number of aromatic amines is 1. The van der Waals surface area contributed by atoms with Crippen LogP contribution in [-0.2, 0) is 0 Å². The summed E-state index contributed by atoms with van der Waals surface area (Å²) < 4.78 is 0. The summed E-state index contributed by atoms with van der Waals surface area (Å²) >= 11 is 7.14. The molecule has 0 fully saturated rings. The Balaban J connectivity index is 2.34. The van der Waals surface area contributed by atoms with Crippen LogP contribution in [0.25, 0.3) is 11.3 Å². The molecule has 4 heteroatoms. The van der Waals surface area contributed by atoms with Crippen molar-refractivity contribution in [3.05, 3.63) is 41.7 Å². The van der Waals surface area contributed by atoms with Gasteiger partial charge in [-0.2, -0.15) is 0 Å². The Morgan fingerprint density at radius 3 is 2.57 bits per heavy atom. The SMILES string of the molecule is [CH2]Sc1ncc(-c2ccc(Cl)cc2)[nH]1. The highest BCUT2D eigenvalue weighted by Crippen LogP contribution is 2.22. The third-order valence-electron chi connectivity index (χ3n) is 1.84. The van der Waals surface area contributed by atoms with Gasteiger partial charge >= 0.3 is 0 Å². The minimum absolute atomic E-state index is 0.736. The van der Waals surface area contributed by atoms with Gasteiger partial charge in [0.25, 0.3) is 0 Å². The largest absolute Gasteiger partial charge is 0.333 e. The highest BCUT2D eigenvalue weighted by atomic mass is 35.5. The van der Waals surface area contributed by atoms with Crippen molar-refractivity contribution in [1.29, 1.82) is 0 Å². The van der Waals surface area contributed by atoms with Gasteiger partial charge in [-0.25, -0.2) is 4.98 Å². The third-order valence-corrected chi connectivity index (χ3v) is 2.58. The number of H-pyrrole nitrogens is 1. The normalized spacial score (nSPS) is 10.4. The number of hydrogen-bond acceptors (Lipinski definition) is 2. The van der Waals surface area contributed by atoms with Crippen molar-refractivity contribution in [2.45, 2.75) is 5.16 Å². The molecule has 1 heterocycles. The third kappa shape index (κ3) is 1.94. The van der Waals surface area contributed by atoms with E-state index >= 15 is 0 Å². The average Bonchev–Trinajstić information content (AvgIpc) is 2.67. The first kappa shape index (κ1) is 9.62. The van der Waals surface area contributed by atoms with Crippen LogP contribution >= 0.6 is 23.4 Å². The van der Waals surface area contributed by atoms with Crippen molar-refractivity contribution >= 4 is 23.4 Å². The van der Waals surface area contributed by atoms with Crippen LogP contribution in [-0.4, -0.2) is 9.97 Å². The van der Waals surface area contributed by atoms with E-state index in [-0.39, 0.29) is 0 Å². The summed E-state index contributed by atoms with van der Waals surface area (Å²) in [6.45, 7) is 0. The summed E-state index contributed by atoms with van der Waals surface area (Å²) in [6.07, 6.45) is 5.47. The second-order valence-electron chi connectivity index (χ2n) is 2.75. The van der Waals surface area contributed by atoms with E-state index in [4.69, 9.17) is 11.6 Å². The maximum Gasteiger partial charge on any atom is 0.165 e. The minimum atomic E-state index is 0.736. The zero-order chi connectivity index (χ0) is 9.97. The lowest BCUT2D eigenvalue weighted by molar-refractivity contribution is 1.07. The molecule has 1 aromatic carbocycles. The van der Waals surface area contributed by atoms with E-state index in [2.05, 4.69) is 16.2 Å². The van der Waals surface area contributed by atoms with Crippen LogP contribution in [0.1, 0.15) is 0 Å². The molecule has 2 rings (SSSR count). The van der Waals surface area contributed by atoms with Crippen LogP contribution in [0, 0.1) is 6.26 Å². The van der Waals surface area contributed by atoms with Gasteiger partial charge in [-0.1, -0.05) is 35.5 Å². The van der Waals surface area contributed by atoms with E-state index in [1.807, 2.05) is 24.3 Å². The summed E-state index contributed by atoms with van der Waals surface area (Å²) in [4.78, 5) is 7.29. The predicted octanol–water partition coefficient (Wildman–Crippen LogP) is 3.61. The topological polar surface area (TPSA) is 28.7 Å². The number of halogens is 1. The van der Waals surface area contributed by atoms with Crippen LogP contribution in [0.2, 0.25) is 5.02 Å². The molecule has 0 aliphatic heterocycles. The molecule has 0 spiro atoms. The number of aromatic nitrogens is 2. The smallest absolute Gasteiger partial charge is 0.165 e. The first-order chi connectivity index (χ1) is 6.79. The van der Waals surface area contributed by atoms with Gasteiger partial charge in [0.2, 0.25) is 0 Å². The van der Waals surface area contributed by atoms with Crippen LogP contribution in [0.15, 0.2) is 35.6 Å². The highest BCUT2D eigenvalue weighted by molar-refractivity contribution is 8.00. The molecule has 71 valence electrons. The predicted molar refractivity (Wildman–Crippen MR) is 60.2 cm³/mol. The second kappa shape index (κ2) is 4.07. The Kier molecular flexibility index (Phi) is 2.79. The molecular weight excluding hydrogens is 216 g/mol. The molecule has 1 N–H and O–H groups in total. The van der Waals surface area contributed by atoms with Crippen molar-refractivity contribution in [2.24, 2.45) is 0 Å². The number of nitrogens with zero attached hydrogens (tertiary/aromatic N) is 1. The van der Waals surface area contributed by atoms with Gasteiger partial charge in [0, 0.05) is 11.3 Å². The summed E-state index contributed by atoms with van der Waals surface area (Å²) in [7, 11) is 0. The van der Waals surface area contributed by atoms with Crippen molar-refractivity contribution in [3.63, 3.8) is 0 Å². The fraction of sp³-hybridized carbons (Fsp3) is 0. The van der Waals surface area contributed by atoms with Crippen LogP contribution in [0.4, 0.5) is 0 Å². The van der Waals surface area contributed by atoms with Crippen molar-refractivity contribution in [2.75, 3.05) is 0 Å². The maximum atomic E-state index is 5.79. The molecule has 0 saturated carbocycles. The molecule has 2 nitrogen and oxygen atoms in total. The zero-order valence-corrected chi connectivity index (χ0v) is 8.90. The number of imidazole rings is 1. The molecule has 0 amide bonds. The Hall–Kier alpha value is -0.930. The first-order valence-corrected chi connectivity index (χ1v) is 5.39. The molecule has 2 aromatic rings. The van der Waals surface area contributed by atoms with E-state index in [9.17, 15) is 0 Å². The van der Waals surface area contributed by atoms with Crippen LogP contribution in [0.5, 0.6) is 0 Å². The van der Waals surface area contributed by atoms with E-state index in [0.717, 1.165) is 21.4 Å². The van der Waals surface area contributed by atoms with E-state index in [1.165, 1.54) is 11.8 Å². The summed E-state index contributed by atoms with van der Waals surface area (Å²) in [5.41, 5.74) is 2.05. The van der Waals surface area contributed by atoms with Crippen molar-refractivity contribution in [1.82, 2.24) is 9.97 Å². The molecule has 1 radical (unpaired) electrons. The molecule has 0 saturated heterocycles. The minimum Gasteiger partial charge on any atom is -0.333 e. The fourth-order valence-corrected chi connectivity index (χ4v) is 1.59. The van der Waals surface area contributed by atoms with Gasteiger partial charge in [-0.3, -0.25) is 0 Å². The van der Waals surface area contributed by atoms with Gasteiger partial charge in [-0.05, 0) is 17.7 Å². The van der Waals surface area contributed by atoms with Gasteiger partial charge in [-0.15, -0.1) is 0 Å². The Labute approximate surface area is 91.7 Å². The molecule has 14 heavy (non-hydrogen) atoms. The number of nitrogens with one attached hydrogen (secondary N) is 1. The second-order valence-corrected chi connectivity index (χ2v) is 3.87. The summed E-state index contributed by atoms with van der Waals surface area (Å²) in [5.74, 6) is 0. The first-order valence-electron chi connectivity index (χ1n) is 4.02. The fourth-order valence-electron chi connectivity index (χ4n) is 1.15. The summed E-state index contributed by atoms with van der Waals surface area (Å²) in [5, 5.41) is 1.55. The van der Waals surface area contributed by atoms with E-state index in [1.54, 1.807) is 6.20 Å². The van der Waals surface area contributed by atoms with Gasteiger partial charge in [0.05, 0.1) is 11.9 Å². The van der Waals surface area contributed by atoms with E-state index in [0.29, 0.717) is 0 Å². The lowest BCUT2D eigenvalue weighted by Gasteiger charge is -1.96.